The van der Waals surface area contributed by atoms with Gasteiger partial charge in [0.2, 0.25) is 0 Å². The van der Waals surface area contributed by atoms with Crippen LogP contribution < -0.4 is 17.0 Å². The first-order valence-electron chi connectivity index (χ1n) is 6.05. The number of carboxylic acid groups (broad SMARTS) is 1. The van der Waals surface area contributed by atoms with Crippen molar-refractivity contribution in [3.8, 4) is 0 Å². The number of alkyl halides is 2. The first-order chi connectivity index (χ1) is 10.3. The number of carboxylic acids is 1. The monoisotopic (exact) mass is 327 g/mol. The van der Waals surface area contributed by atoms with Crippen molar-refractivity contribution in [3.63, 3.8) is 0 Å². The molecule has 0 atom stereocenters. The topological polar surface area (TPSA) is 101 Å². The third-order valence-corrected chi connectivity index (χ3v) is 3.37. The summed E-state index contributed by atoms with van der Waals surface area (Å²) in [6.45, 7) is 0. The smallest absolute Gasteiger partial charge is 0.355 e. The molecule has 0 fully saturated rings. The highest BCUT2D eigenvalue weighted by molar-refractivity contribution is 6.31. The molecular formula is C14H12ClF2N3O2. The first kappa shape index (κ1) is 16.0. The fourth-order valence-corrected chi connectivity index (χ4v) is 2.16. The molecule has 22 heavy (non-hydrogen) atoms. The van der Waals surface area contributed by atoms with Crippen molar-refractivity contribution in [3.05, 3.63) is 58.4 Å². The largest absolute Gasteiger partial charge is 0.476 e. The molecular weight excluding hydrogens is 316 g/mol. The molecule has 6 N–H and O–H groups in total. The van der Waals surface area contributed by atoms with Crippen molar-refractivity contribution in [1.82, 2.24) is 5.43 Å². The van der Waals surface area contributed by atoms with Crippen molar-refractivity contribution >= 4 is 28.3 Å². The predicted molar refractivity (Wildman–Crippen MR) is 79.0 cm³/mol. The quantitative estimate of drug-likeness (QED) is 0.392. The highest BCUT2D eigenvalue weighted by Gasteiger charge is 2.38. The molecule has 0 radical (unpaired) electrons. The number of hydrogen-bond donors (Lipinski definition) is 4. The van der Waals surface area contributed by atoms with E-state index in [0.29, 0.717) is 15.8 Å². The number of benzene rings is 2. The SMILES string of the molecule is NN/C(C(=O)O)=C(\N)C(F)(F)c1ccc2cc(Cl)ccc2c1. The van der Waals surface area contributed by atoms with Gasteiger partial charge in [-0.15, -0.1) is 0 Å². The van der Waals surface area contributed by atoms with E-state index >= 15 is 0 Å². The summed E-state index contributed by atoms with van der Waals surface area (Å²) in [5.74, 6) is -0.434. The van der Waals surface area contributed by atoms with Gasteiger partial charge in [-0.05, 0) is 29.0 Å². The summed E-state index contributed by atoms with van der Waals surface area (Å²) >= 11 is 5.83. The molecule has 2 rings (SSSR count). The van der Waals surface area contributed by atoms with Gasteiger partial charge in [-0.3, -0.25) is 5.84 Å². The van der Waals surface area contributed by atoms with Crippen molar-refractivity contribution < 1.29 is 18.7 Å². The van der Waals surface area contributed by atoms with E-state index in [4.69, 9.17) is 28.3 Å². The van der Waals surface area contributed by atoms with E-state index in [1.165, 1.54) is 12.1 Å². The van der Waals surface area contributed by atoms with Gasteiger partial charge in [0, 0.05) is 10.6 Å². The second-order valence-electron chi connectivity index (χ2n) is 4.52. The number of aliphatic carboxylic acids is 1. The molecule has 0 aliphatic rings. The Bertz CT molecular complexity index is 778. The summed E-state index contributed by atoms with van der Waals surface area (Å²) in [5.41, 5.74) is 4.39. The Morgan fingerprint density at radius 1 is 1.18 bits per heavy atom. The lowest BCUT2D eigenvalue weighted by molar-refractivity contribution is -0.133. The molecule has 0 aliphatic carbocycles. The van der Waals surface area contributed by atoms with Crippen molar-refractivity contribution in [1.29, 1.82) is 0 Å². The van der Waals surface area contributed by atoms with Crippen LogP contribution >= 0.6 is 11.6 Å². The Morgan fingerprint density at radius 2 is 1.77 bits per heavy atom. The highest BCUT2D eigenvalue weighted by Crippen LogP contribution is 2.36. The van der Waals surface area contributed by atoms with Gasteiger partial charge in [-0.1, -0.05) is 29.8 Å². The number of carbonyl (C=O) groups is 1. The van der Waals surface area contributed by atoms with E-state index in [2.05, 4.69) is 0 Å². The van der Waals surface area contributed by atoms with Gasteiger partial charge >= 0.3 is 11.9 Å². The summed E-state index contributed by atoms with van der Waals surface area (Å²) in [5, 5.41) is 10.5. The molecule has 0 unspecified atom stereocenters. The maximum Gasteiger partial charge on any atom is 0.355 e. The molecule has 2 aromatic carbocycles. The number of nitrogens with two attached hydrogens (primary N) is 2. The number of fused-ring (bicyclic) bond motifs is 1. The third kappa shape index (κ3) is 2.81. The average molecular weight is 328 g/mol. The van der Waals surface area contributed by atoms with Crippen LogP contribution in [0, 0.1) is 0 Å². The second kappa shape index (κ2) is 5.78. The number of hydrazine groups is 1. The van der Waals surface area contributed by atoms with Gasteiger partial charge in [0.25, 0.3) is 0 Å². The molecule has 0 spiro atoms. The van der Waals surface area contributed by atoms with Crippen LogP contribution in [-0.2, 0) is 10.7 Å². The Labute approximate surface area is 129 Å². The Hall–Kier alpha value is -2.38. The molecule has 0 bridgehead atoms. The molecule has 0 aliphatic heterocycles. The first-order valence-corrected chi connectivity index (χ1v) is 6.43. The molecule has 116 valence electrons. The van der Waals surface area contributed by atoms with Crippen LogP contribution in [0.1, 0.15) is 5.56 Å². The van der Waals surface area contributed by atoms with Crippen molar-refractivity contribution in [2.75, 3.05) is 0 Å². The molecule has 0 saturated heterocycles. The number of halogens is 3. The fraction of sp³-hybridized carbons (Fsp3) is 0.0714. The van der Waals surface area contributed by atoms with Crippen LogP contribution in [0.3, 0.4) is 0 Å². The normalized spacial score (nSPS) is 12.9. The second-order valence-corrected chi connectivity index (χ2v) is 4.96. The lowest BCUT2D eigenvalue weighted by Crippen LogP contribution is -2.35. The van der Waals surface area contributed by atoms with Gasteiger partial charge in [-0.25, -0.2) is 4.79 Å². The van der Waals surface area contributed by atoms with Crippen LogP contribution in [-0.4, -0.2) is 11.1 Å². The minimum Gasteiger partial charge on any atom is -0.476 e. The zero-order valence-electron chi connectivity index (χ0n) is 11.1. The van der Waals surface area contributed by atoms with Crippen LogP contribution in [0.2, 0.25) is 5.02 Å². The highest BCUT2D eigenvalue weighted by atomic mass is 35.5. The van der Waals surface area contributed by atoms with Gasteiger partial charge < -0.3 is 16.3 Å². The van der Waals surface area contributed by atoms with Crippen molar-refractivity contribution in [2.45, 2.75) is 5.92 Å². The van der Waals surface area contributed by atoms with Crippen LogP contribution in [0.4, 0.5) is 8.78 Å². The third-order valence-electron chi connectivity index (χ3n) is 3.13. The Kier molecular flexibility index (Phi) is 4.20. The lowest BCUT2D eigenvalue weighted by atomic mass is 10.00. The maximum atomic E-state index is 14.4. The molecule has 5 nitrogen and oxygen atoms in total. The van der Waals surface area contributed by atoms with E-state index in [0.717, 1.165) is 6.07 Å². The molecule has 2 aromatic rings. The van der Waals surface area contributed by atoms with Crippen LogP contribution in [0.15, 0.2) is 47.8 Å². The van der Waals surface area contributed by atoms with E-state index in [-0.39, 0.29) is 0 Å². The number of hydrogen-bond acceptors (Lipinski definition) is 4. The zero-order chi connectivity index (χ0) is 16.5. The summed E-state index contributed by atoms with van der Waals surface area (Å²) in [6, 6.07) is 8.60. The van der Waals surface area contributed by atoms with E-state index in [1.807, 2.05) is 0 Å². The number of allylic oxidation sites excluding steroid dienone is 1. The lowest BCUT2D eigenvalue weighted by Gasteiger charge is -2.19. The van der Waals surface area contributed by atoms with Gasteiger partial charge in [0.1, 0.15) is 5.70 Å². The summed E-state index contributed by atoms with van der Waals surface area (Å²) < 4.78 is 28.8. The zero-order valence-corrected chi connectivity index (χ0v) is 11.9. The van der Waals surface area contributed by atoms with E-state index in [9.17, 15) is 13.6 Å². The van der Waals surface area contributed by atoms with E-state index < -0.39 is 28.8 Å². The van der Waals surface area contributed by atoms with Crippen LogP contribution in [0.25, 0.3) is 10.8 Å². The summed E-state index contributed by atoms with van der Waals surface area (Å²) in [6.07, 6.45) is 0. The Balaban J connectivity index is 2.58. The average Bonchev–Trinajstić information content (AvgIpc) is 2.46. The van der Waals surface area contributed by atoms with E-state index in [1.54, 1.807) is 23.6 Å². The molecule has 0 heterocycles. The van der Waals surface area contributed by atoms with Gasteiger partial charge in [0.15, 0.2) is 5.70 Å². The van der Waals surface area contributed by atoms with Gasteiger partial charge in [0.05, 0.1) is 0 Å². The summed E-state index contributed by atoms with van der Waals surface area (Å²) in [4.78, 5) is 10.9. The summed E-state index contributed by atoms with van der Waals surface area (Å²) in [7, 11) is 0. The van der Waals surface area contributed by atoms with Crippen molar-refractivity contribution in [2.24, 2.45) is 11.6 Å². The number of nitrogens with one attached hydrogen (secondary N) is 1. The fourth-order valence-electron chi connectivity index (χ4n) is 1.98. The minimum absolute atomic E-state index is 0.450. The standard InChI is InChI=1S/C14H12ClF2N3O2/c15-10-4-2-7-5-9(3-1-8(7)6-10)14(16,17)12(18)11(20-19)13(21)22/h1-6,20H,18-19H2,(H,21,22)/b12-11-. The van der Waals surface area contributed by atoms with Crippen LogP contribution in [0.5, 0.6) is 0 Å². The minimum atomic E-state index is -3.70. The maximum absolute atomic E-state index is 14.4. The Morgan fingerprint density at radius 3 is 2.36 bits per heavy atom. The molecule has 0 aromatic heterocycles. The molecule has 0 saturated carbocycles. The molecule has 8 heteroatoms. The molecule has 0 amide bonds. The predicted octanol–water partition coefficient (Wildman–Crippen LogP) is 2.30. The number of rotatable bonds is 4. The van der Waals surface area contributed by atoms with Gasteiger partial charge in [-0.2, -0.15) is 8.78 Å².